The molecule has 0 aromatic carbocycles. The van der Waals surface area contributed by atoms with E-state index in [-0.39, 0.29) is 23.6 Å². The molecular formula is C12H16BrNO4S2. The monoisotopic (exact) mass is 381 g/mol. The first kappa shape index (κ1) is 14.9. The van der Waals surface area contributed by atoms with Crippen LogP contribution in [-0.2, 0) is 21.4 Å². The Morgan fingerprint density at radius 2 is 2.30 bits per heavy atom. The molecule has 1 N–H and O–H groups in total. The number of rotatable bonds is 3. The Kier molecular flexibility index (Phi) is 4.22. The van der Waals surface area contributed by atoms with Crippen LogP contribution in [0.15, 0.2) is 14.7 Å². The van der Waals surface area contributed by atoms with E-state index in [0.29, 0.717) is 21.8 Å². The summed E-state index contributed by atoms with van der Waals surface area (Å²) in [4.78, 5) is 0.908. The van der Waals surface area contributed by atoms with Gasteiger partial charge in [0, 0.05) is 11.4 Å². The van der Waals surface area contributed by atoms with E-state index in [9.17, 15) is 8.42 Å². The number of morpholine rings is 1. The van der Waals surface area contributed by atoms with Crippen molar-refractivity contribution in [1.29, 1.82) is 0 Å². The smallest absolute Gasteiger partial charge is 0.245 e. The third-order valence-electron chi connectivity index (χ3n) is 3.88. The van der Waals surface area contributed by atoms with Gasteiger partial charge in [0.25, 0.3) is 0 Å². The van der Waals surface area contributed by atoms with E-state index in [4.69, 9.17) is 9.84 Å². The zero-order chi connectivity index (χ0) is 14.3. The molecule has 5 nitrogen and oxygen atoms in total. The third kappa shape index (κ3) is 2.46. The Balaban J connectivity index is 1.96. The van der Waals surface area contributed by atoms with Crippen LogP contribution in [-0.4, -0.2) is 43.1 Å². The first-order valence-electron chi connectivity index (χ1n) is 6.56. The van der Waals surface area contributed by atoms with Crippen LogP contribution in [0.5, 0.6) is 0 Å². The average molecular weight is 382 g/mol. The molecule has 1 saturated heterocycles. The van der Waals surface area contributed by atoms with Gasteiger partial charge in [0.1, 0.15) is 4.90 Å². The first-order valence-corrected chi connectivity index (χ1v) is 9.61. The molecule has 1 saturated carbocycles. The minimum Gasteiger partial charge on any atom is -0.391 e. The molecule has 1 aliphatic heterocycles. The van der Waals surface area contributed by atoms with Gasteiger partial charge >= 0.3 is 0 Å². The van der Waals surface area contributed by atoms with E-state index in [1.54, 1.807) is 10.4 Å². The van der Waals surface area contributed by atoms with E-state index in [1.165, 1.54) is 11.3 Å². The molecule has 0 radical (unpaired) electrons. The van der Waals surface area contributed by atoms with Crippen molar-refractivity contribution in [2.45, 2.75) is 42.9 Å². The van der Waals surface area contributed by atoms with Crippen LogP contribution in [0.4, 0.5) is 0 Å². The Bertz CT molecular complexity index is 601. The number of hydrogen-bond acceptors (Lipinski definition) is 5. The summed E-state index contributed by atoms with van der Waals surface area (Å²) in [7, 11) is -3.53. The number of ether oxygens (including phenoxy) is 1. The van der Waals surface area contributed by atoms with Crippen LogP contribution in [0.25, 0.3) is 0 Å². The van der Waals surface area contributed by atoms with Gasteiger partial charge in [-0.15, -0.1) is 11.3 Å². The molecule has 0 spiro atoms. The fourth-order valence-electron chi connectivity index (χ4n) is 2.97. The molecule has 0 bridgehead atoms. The fraction of sp³-hybridized carbons (Fsp3) is 0.667. The Hall–Kier alpha value is 0.01000. The van der Waals surface area contributed by atoms with Crippen LogP contribution in [0.2, 0.25) is 0 Å². The molecule has 2 heterocycles. The molecule has 2 atom stereocenters. The van der Waals surface area contributed by atoms with Gasteiger partial charge < -0.3 is 9.84 Å². The number of aliphatic hydroxyl groups is 1. The first-order chi connectivity index (χ1) is 9.54. The van der Waals surface area contributed by atoms with Gasteiger partial charge in [-0.05, 0) is 41.3 Å². The topological polar surface area (TPSA) is 66.8 Å². The van der Waals surface area contributed by atoms with E-state index in [0.717, 1.165) is 19.3 Å². The average Bonchev–Trinajstić information content (AvgIpc) is 3.03. The standard InChI is InChI=1S/C12H16BrNO4S2/c13-12-11(6-8(7-15)19-12)20(16,17)14-4-5-18-10-3-1-2-9(10)14/h6,9-10,15H,1-5,7H2. The van der Waals surface area contributed by atoms with Gasteiger partial charge in [0.05, 0.1) is 29.1 Å². The molecule has 2 unspecified atom stereocenters. The molecule has 0 amide bonds. The van der Waals surface area contributed by atoms with Crippen molar-refractivity contribution in [1.82, 2.24) is 4.31 Å². The summed E-state index contributed by atoms with van der Waals surface area (Å²) < 4.78 is 33.5. The number of hydrogen-bond donors (Lipinski definition) is 1. The molecule has 112 valence electrons. The predicted octanol–water partition coefficient (Wildman–Crippen LogP) is 1.94. The second-order valence-electron chi connectivity index (χ2n) is 5.03. The summed E-state index contributed by atoms with van der Waals surface area (Å²) >= 11 is 4.56. The van der Waals surface area contributed by atoms with Gasteiger partial charge in [0.2, 0.25) is 10.0 Å². The number of sulfonamides is 1. The zero-order valence-corrected chi connectivity index (χ0v) is 14.0. The lowest BCUT2D eigenvalue weighted by molar-refractivity contribution is -0.0241. The normalized spacial score (nSPS) is 27.7. The molecule has 1 aliphatic carbocycles. The lowest BCUT2D eigenvalue weighted by Gasteiger charge is -2.36. The maximum Gasteiger partial charge on any atom is 0.245 e. The highest BCUT2D eigenvalue weighted by Crippen LogP contribution is 2.38. The van der Waals surface area contributed by atoms with E-state index >= 15 is 0 Å². The van der Waals surface area contributed by atoms with Crippen molar-refractivity contribution in [2.75, 3.05) is 13.2 Å². The Labute approximate surface area is 130 Å². The van der Waals surface area contributed by atoms with Crippen molar-refractivity contribution in [3.63, 3.8) is 0 Å². The molecule has 20 heavy (non-hydrogen) atoms. The summed E-state index contributed by atoms with van der Waals surface area (Å²) in [5.41, 5.74) is 0. The van der Waals surface area contributed by atoms with Crippen molar-refractivity contribution >= 4 is 37.3 Å². The van der Waals surface area contributed by atoms with Gasteiger partial charge in [-0.25, -0.2) is 8.42 Å². The summed E-state index contributed by atoms with van der Waals surface area (Å²) in [5, 5.41) is 9.16. The van der Waals surface area contributed by atoms with Crippen molar-refractivity contribution in [3.05, 3.63) is 14.7 Å². The van der Waals surface area contributed by atoms with Crippen molar-refractivity contribution < 1.29 is 18.3 Å². The number of halogens is 1. The minimum absolute atomic E-state index is 0.0354. The van der Waals surface area contributed by atoms with E-state index < -0.39 is 10.0 Å². The molecule has 3 rings (SSSR count). The van der Waals surface area contributed by atoms with Crippen LogP contribution < -0.4 is 0 Å². The molecule has 2 fully saturated rings. The van der Waals surface area contributed by atoms with Gasteiger partial charge in [-0.2, -0.15) is 4.31 Å². The number of fused-ring (bicyclic) bond motifs is 1. The highest BCUT2D eigenvalue weighted by atomic mass is 79.9. The van der Waals surface area contributed by atoms with Crippen molar-refractivity contribution in [3.8, 4) is 0 Å². The summed E-state index contributed by atoms with van der Waals surface area (Å²) in [5.74, 6) is 0. The third-order valence-corrected chi connectivity index (χ3v) is 8.04. The quantitative estimate of drug-likeness (QED) is 0.868. The van der Waals surface area contributed by atoms with Gasteiger partial charge in [-0.3, -0.25) is 0 Å². The second-order valence-corrected chi connectivity index (χ2v) is 9.35. The van der Waals surface area contributed by atoms with Gasteiger partial charge in [-0.1, -0.05) is 0 Å². The number of aliphatic hydroxyl groups excluding tert-OH is 1. The number of thiophene rings is 1. The molecule has 8 heteroatoms. The molecule has 2 aliphatic rings. The highest BCUT2D eigenvalue weighted by molar-refractivity contribution is 9.11. The highest BCUT2D eigenvalue weighted by Gasteiger charge is 2.43. The summed E-state index contributed by atoms with van der Waals surface area (Å²) in [6.45, 7) is 0.712. The minimum atomic E-state index is -3.53. The fourth-order valence-corrected chi connectivity index (χ4v) is 7.12. The Morgan fingerprint density at radius 3 is 3.00 bits per heavy atom. The molecular weight excluding hydrogens is 366 g/mol. The maximum absolute atomic E-state index is 12.8. The lowest BCUT2D eigenvalue weighted by Crippen LogP contribution is -2.51. The van der Waals surface area contributed by atoms with Crippen LogP contribution in [0, 0.1) is 0 Å². The van der Waals surface area contributed by atoms with Gasteiger partial charge in [0.15, 0.2) is 0 Å². The Morgan fingerprint density at radius 1 is 1.50 bits per heavy atom. The van der Waals surface area contributed by atoms with Crippen molar-refractivity contribution in [2.24, 2.45) is 0 Å². The molecule has 1 aromatic rings. The maximum atomic E-state index is 12.8. The second kappa shape index (κ2) is 5.66. The van der Waals surface area contributed by atoms with E-state index in [2.05, 4.69) is 15.9 Å². The largest absolute Gasteiger partial charge is 0.391 e. The van der Waals surface area contributed by atoms with Crippen LogP contribution in [0.1, 0.15) is 24.1 Å². The predicted molar refractivity (Wildman–Crippen MR) is 79.2 cm³/mol. The van der Waals surface area contributed by atoms with Crippen LogP contribution >= 0.6 is 27.3 Å². The summed E-state index contributed by atoms with van der Waals surface area (Å²) in [6.07, 6.45) is 2.84. The number of nitrogens with zero attached hydrogens (tertiary/aromatic N) is 1. The lowest BCUT2D eigenvalue weighted by atomic mass is 10.2. The summed E-state index contributed by atoms with van der Waals surface area (Å²) in [6, 6.07) is 1.52. The SMILES string of the molecule is O=S(=O)(c1cc(CO)sc1Br)N1CCOC2CCCC21. The molecule has 1 aromatic heterocycles. The van der Waals surface area contributed by atoms with Crippen LogP contribution in [0.3, 0.4) is 0 Å². The van der Waals surface area contributed by atoms with E-state index in [1.807, 2.05) is 0 Å². The zero-order valence-electron chi connectivity index (χ0n) is 10.8.